The van der Waals surface area contributed by atoms with E-state index in [1.165, 1.54) is 6.42 Å². The zero-order chi connectivity index (χ0) is 23.2. The summed E-state index contributed by atoms with van der Waals surface area (Å²) in [6.07, 6.45) is 6.49. The first-order valence-corrected chi connectivity index (χ1v) is 12.3. The van der Waals surface area contributed by atoms with Gasteiger partial charge in [-0.2, -0.15) is 0 Å². The molecule has 4 rings (SSSR count). The van der Waals surface area contributed by atoms with E-state index in [1.807, 2.05) is 12.1 Å². The number of carbonyl (C=O) groups excluding carboxylic acids is 1. The van der Waals surface area contributed by atoms with Crippen LogP contribution in [-0.2, 0) is 6.54 Å². The summed E-state index contributed by atoms with van der Waals surface area (Å²) in [6, 6.07) is 5.68. The molecule has 180 valence electrons. The van der Waals surface area contributed by atoms with Crippen molar-refractivity contribution in [3.8, 4) is 11.5 Å². The van der Waals surface area contributed by atoms with Gasteiger partial charge in [0.2, 0.25) is 6.79 Å². The molecule has 1 saturated carbocycles. The molecular formula is C25H36N4O4. The van der Waals surface area contributed by atoms with Gasteiger partial charge in [-0.3, -0.25) is 4.79 Å². The number of amides is 2. The van der Waals surface area contributed by atoms with E-state index in [2.05, 4.69) is 29.0 Å². The third-order valence-electron chi connectivity index (χ3n) is 6.79. The van der Waals surface area contributed by atoms with E-state index in [9.17, 15) is 9.59 Å². The molecule has 2 aromatic rings. The second-order valence-corrected chi connectivity index (χ2v) is 9.00. The maximum atomic E-state index is 13.2. The average Bonchev–Trinajstić information content (AvgIpc) is 3.28. The molecule has 1 aromatic carbocycles. The molecule has 0 unspecified atom stereocenters. The Balaban J connectivity index is 1.51. The third-order valence-corrected chi connectivity index (χ3v) is 6.79. The second-order valence-electron chi connectivity index (χ2n) is 9.00. The van der Waals surface area contributed by atoms with Gasteiger partial charge >= 0.3 is 6.03 Å². The van der Waals surface area contributed by atoms with Crippen LogP contribution in [-0.4, -0.2) is 59.8 Å². The number of H-pyrrole nitrogens is 1. The van der Waals surface area contributed by atoms with Gasteiger partial charge in [-0.05, 0) is 51.0 Å². The zero-order valence-corrected chi connectivity index (χ0v) is 19.8. The van der Waals surface area contributed by atoms with E-state index in [-0.39, 0.29) is 31.0 Å². The van der Waals surface area contributed by atoms with Gasteiger partial charge in [0.25, 0.3) is 5.56 Å². The Bertz CT molecular complexity index is 1010. The van der Waals surface area contributed by atoms with Gasteiger partial charge in [0.05, 0.1) is 12.1 Å². The molecule has 1 aliphatic carbocycles. The van der Waals surface area contributed by atoms with E-state index in [1.54, 1.807) is 11.0 Å². The number of fused-ring (bicyclic) bond motifs is 2. The zero-order valence-electron chi connectivity index (χ0n) is 19.8. The molecule has 0 bridgehead atoms. The number of hydrogen-bond donors (Lipinski definition) is 2. The summed E-state index contributed by atoms with van der Waals surface area (Å²) in [5, 5.41) is 4.09. The molecule has 2 heterocycles. The molecule has 8 heteroatoms. The maximum absolute atomic E-state index is 13.2. The van der Waals surface area contributed by atoms with Crippen molar-refractivity contribution in [2.24, 2.45) is 0 Å². The van der Waals surface area contributed by atoms with Crippen LogP contribution in [0.15, 0.2) is 23.0 Å². The fourth-order valence-electron chi connectivity index (χ4n) is 4.75. The van der Waals surface area contributed by atoms with Crippen molar-refractivity contribution in [2.75, 3.05) is 33.0 Å². The summed E-state index contributed by atoms with van der Waals surface area (Å²) >= 11 is 0. The van der Waals surface area contributed by atoms with E-state index in [4.69, 9.17) is 9.47 Å². The summed E-state index contributed by atoms with van der Waals surface area (Å²) in [6.45, 7) is 8.27. The third kappa shape index (κ3) is 5.79. The van der Waals surface area contributed by atoms with E-state index < -0.39 is 0 Å². The number of nitrogens with one attached hydrogen (secondary N) is 2. The van der Waals surface area contributed by atoms with E-state index >= 15 is 0 Å². The smallest absolute Gasteiger partial charge is 0.317 e. The van der Waals surface area contributed by atoms with Crippen LogP contribution < -0.4 is 20.3 Å². The lowest BCUT2D eigenvalue weighted by Gasteiger charge is -2.29. The topological polar surface area (TPSA) is 86.9 Å². The van der Waals surface area contributed by atoms with Gasteiger partial charge in [-0.15, -0.1) is 0 Å². The first-order chi connectivity index (χ1) is 16.1. The van der Waals surface area contributed by atoms with Crippen LogP contribution in [0.25, 0.3) is 10.9 Å². The summed E-state index contributed by atoms with van der Waals surface area (Å²) < 4.78 is 10.9. The van der Waals surface area contributed by atoms with Crippen LogP contribution in [0.4, 0.5) is 4.79 Å². The highest BCUT2D eigenvalue weighted by Crippen LogP contribution is 2.35. The number of pyridine rings is 1. The average molecular weight is 457 g/mol. The standard InChI is InChI=1S/C25H36N4O4/c1-3-28(4-2)11-8-12-29(25(31)26-20-9-6-5-7-10-20)16-19-13-18-14-22-23(33-17-32-22)15-21(18)27-24(19)30/h13-15,20H,3-12,16-17H2,1-2H3,(H,26,31)(H,27,30). The second kappa shape index (κ2) is 10.9. The number of urea groups is 1. The highest BCUT2D eigenvalue weighted by atomic mass is 16.7. The Morgan fingerprint density at radius 3 is 2.52 bits per heavy atom. The Hall–Kier alpha value is -2.74. The summed E-state index contributed by atoms with van der Waals surface area (Å²) in [5.41, 5.74) is 1.09. The molecule has 0 atom stereocenters. The van der Waals surface area contributed by atoms with Crippen molar-refractivity contribution in [2.45, 2.75) is 65.0 Å². The minimum Gasteiger partial charge on any atom is -0.454 e. The lowest BCUT2D eigenvalue weighted by molar-refractivity contribution is 0.174. The number of nitrogens with zero attached hydrogens (tertiary/aromatic N) is 2. The van der Waals surface area contributed by atoms with Crippen LogP contribution in [0.1, 0.15) is 57.9 Å². The first kappa shape index (κ1) is 23.4. The van der Waals surface area contributed by atoms with Crippen molar-refractivity contribution < 1.29 is 14.3 Å². The lowest BCUT2D eigenvalue weighted by Crippen LogP contribution is -2.46. The Morgan fingerprint density at radius 1 is 1.06 bits per heavy atom. The molecule has 2 amide bonds. The van der Waals surface area contributed by atoms with Crippen molar-refractivity contribution in [3.63, 3.8) is 0 Å². The van der Waals surface area contributed by atoms with Gasteiger partial charge in [0.15, 0.2) is 11.5 Å². The highest BCUT2D eigenvalue weighted by molar-refractivity contribution is 5.83. The number of benzene rings is 1. The molecule has 8 nitrogen and oxygen atoms in total. The molecule has 0 radical (unpaired) electrons. The molecule has 2 aliphatic rings. The summed E-state index contributed by atoms with van der Waals surface area (Å²) in [5.74, 6) is 1.31. The van der Waals surface area contributed by atoms with Gasteiger partial charge in [-0.1, -0.05) is 33.1 Å². The minimum atomic E-state index is -0.180. The SMILES string of the molecule is CCN(CC)CCCN(Cc1cc2cc3c(cc2[nH]c1=O)OCO3)C(=O)NC1CCCCC1. The van der Waals surface area contributed by atoms with Crippen LogP contribution in [0.3, 0.4) is 0 Å². The van der Waals surface area contributed by atoms with Crippen LogP contribution >= 0.6 is 0 Å². The van der Waals surface area contributed by atoms with Crippen molar-refractivity contribution in [3.05, 3.63) is 34.1 Å². The molecule has 1 fully saturated rings. The molecule has 1 aliphatic heterocycles. The maximum Gasteiger partial charge on any atom is 0.317 e. The number of carbonyl (C=O) groups is 1. The molecule has 33 heavy (non-hydrogen) atoms. The molecule has 2 N–H and O–H groups in total. The normalized spacial score (nSPS) is 15.8. The van der Waals surface area contributed by atoms with Gasteiger partial charge in [-0.25, -0.2) is 4.79 Å². The summed E-state index contributed by atoms with van der Waals surface area (Å²) in [7, 11) is 0. The monoisotopic (exact) mass is 456 g/mol. The Morgan fingerprint density at radius 2 is 1.79 bits per heavy atom. The number of ether oxygens (including phenoxy) is 2. The molecular weight excluding hydrogens is 420 g/mol. The lowest BCUT2D eigenvalue weighted by atomic mass is 9.96. The predicted molar refractivity (Wildman–Crippen MR) is 129 cm³/mol. The van der Waals surface area contributed by atoms with E-state index in [0.29, 0.717) is 29.1 Å². The Kier molecular flexibility index (Phi) is 7.75. The van der Waals surface area contributed by atoms with E-state index in [0.717, 1.165) is 57.1 Å². The largest absolute Gasteiger partial charge is 0.454 e. The van der Waals surface area contributed by atoms with Crippen molar-refractivity contribution in [1.82, 2.24) is 20.1 Å². The minimum absolute atomic E-state index is 0.0772. The fraction of sp³-hybridized carbons (Fsp3) is 0.600. The quantitative estimate of drug-likeness (QED) is 0.599. The van der Waals surface area contributed by atoms with Crippen molar-refractivity contribution >= 4 is 16.9 Å². The van der Waals surface area contributed by atoms with Crippen molar-refractivity contribution in [1.29, 1.82) is 0 Å². The number of aromatic amines is 1. The van der Waals surface area contributed by atoms with Crippen LogP contribution in [0, 0.1) is 0 Å². The summed E-state index contributed by atoms with van der Waals surface area (Å²) in [4.78, 5) is 33.2. The predicted octanol–water partition coefficient (Wildman–Crippen LogP) is 3.83. The van der Waals surface area contributed by atoms with Gasteiger partial charge in [0.1, 0.15) is 0 Å². The molecule has 0 saturated heterocycles. The van der Waals surface area contributed by atoms with Crippen LogP contribution in [0.5, 0.6) is 11.5 Å². The molecule has 0 spiro atoms. The fourth-order valence-corrected chi connectivity index (χ4v) is 4.75. The number of hydrogen-bond acceptors (Lipinski definition) is 5. The molecule has 1 aromatic heterocycles. The highest BCUT2D eigenvalue weighted by Gasteiger charge is 2.22. The first-order valence-electron chi connectivity index (χ1n) is 12.3. The van der Waals surface area contributed by atoms with Gasteiger partial charge in [0, 0.05) is 29.6 Å². The Labute approximate surface area is 195 Å². The number of rotatable bonds is 9. The van der Waals surface area contributed by atoms with Crippen LogP contribution in [0.2, 0.25) is 0 Å². The van der Waals surface area contributed by atoms with Gasteiger partial charge < -0.3 is 29.6 Å². The number of aromatic nitrogens is 1.